The third kappa shape index (κ3) is 9.05. The Morgan fingerprint density at radius 2 is 1.71 bits per heavy atom. The van der Waals surface area contributed by atoms with Crippen LogP contribution >= 0.6 is 11.6 Å². The molecular weight excluding hydrogens is 390 g/mol. The fourth-order valence-electron chi connectivity index (χ4n) is 2.57. The number of fused-ring (bicyclic) bond motifs is 1. The first-order chi connectivity index (χ1) is 13.3. The van der Waals surface area contributed by atoms with Crippen molar-refractivity contribution in [2.45, 2.75) is 38.5 Å². The highest BCUT2D eigenvalue weighted by Crippen LogP contribution is 2.33. The number of carbonyl (C=O) groups is 3. The van der Waals surface area contributed by atoms with Crippen molar-refractivity contribution in [1.29, 1.82) is 0 Å². The molecule has 0 aliphatic carbocycles. The summed E-state index contributed by atoms with van der Waals surface area (Å²) in [6.45, 7) is 2.39. The van der Waals surface area contributed by atoms with Crippen molar-refractivity contribution in [2.24, 2.45) is 0 Å². The first-order valence-electron chi connectivity index (χ1n) is 8.99. The first kappa shape index (κ1) is 23.7. The molecule has 0 spiro atoms. The summed E-state index contributed by atoms with van der Waals surface area (Å²) < 4.78 is 10.4. The molecule has 1 aliphatic heterocycles. The molecule has 0 aromatic heterocycles. The van der Waals surface area contributed by atoms with Crippen LogP contribution in [0.2, 0.25) is 5.02 Å². The lowest BCUT2D eigenvalue weighted by atomic mass is 10.0. The molecule has 1 heterocycles. The van der Waals surface area contributed by atoms with Crippen molar-refractivity contribution < 1.29 is 34.1 Å². The average Bonchev–Trinajstić information content (AvgIpc) is 2.90. The topological polar surface area (TPSA) is 122 Å². The highest BCUT2D eigenvalue weighted by Gasteiger charge is 2.16. The Morgan fingerprint density at radius 1 is 1.07 bits per heavy atom. The molecule has 1 aromatic rings. The van der Waals surface area contributed by atoms with Crippen molar-refractivity contribution in [2.75, 3.05) is 26.8 Å². The van der Waals surface area contributed by atoms with Gasteiger partial charge in [-0.1, -0.05) is 17.7 Å². The highest BCUT2D eigenvalue weighted by molar-refractivity contribution is 6.32. The van der Waals surface area contributed by atoms with E-state index < -0.39 is 11.9 Å². The second-order valence-electron chi connectivity index (χ2n) is 6.08. The highest BCUT2D eigenvalue weighted by atomic mass is 35.5. The number of hydrogen-bond donors (Lipinski definition) is 3. The largest absolute Gasteiger partial charge is 0.492 e. The summed E-state index contributed by atoms with van der Waals surface area (Å²) in [6.07, 6.45) is 2.31. The Bertz CT molecular complexity index is 664. The van der Waals surface area contributed by atoms with Gasteiger partial charge in [0.2, 0.25) is 0 Å². The second kappa shape index (κ2) is 13.0. The number of carbonyl (C=O) groups excluding carboxylic acids is 1. The van der Waals surface area contributed by atoms with E-state index in [0.29, 0.717) is 24.5 Å². The fourth-order valence-corrected chi connectivity index (χ4v) is 2.80. The van der Waals surface area contributed by atoms with Gasteiger partial charge in [0.15, 0.2) is 0 Å². The van der Waals surface area contributed by atoms with E-state index in [1.165, 1.54) is 18.2 Å². The summed E-state index contributed by atoms with van der Waals surface area (Å²) in [7, 11) is 1.39. The van der Waals surface area contributed by atoms with Crippen LogP contribution in [-0.2, 0) is 32.0 Å². The predicted molar refractivity (Wildman–Crippen MR) is 103 cm³/mol. The zero-order valence-corrected chi connectivity index (χ0v) is 16.6. The van der Waals surface area contributed by atoms with Gasteiger partial charge >= 0.3 is 17.9 Å². The van der Waals surface area contributed by atoms with E-state index in [0.717, 1.165) is 31.7 Å². The summed E-state index contributed by atoms with van der Waals surface area (Å²) >= 11 is 6.25. The number of hydrogen-bond acceptors (Lipinski definition) is 6. The van der Waals surface area contributed by atoms with Gasteiger partial charge in [0, 0.05) is 12.0 Å². The predicted octanol–water partition coefficient (Wildman–Crippen LogP) is 2.30. The maximum Gasteiger partial charge on any atom is 0.305 e. The van der Waals surface area contributed by atoms with E-state index in [-0.39, 0.29) is 18.8 Å². The second-order valence-corrected chi connectivity index (χ2v) is 6.49. The molecule has 1 aliphatic rings. The molecule has 2 rings (SSSR count). The van der Waals surface area contributed by atoms with Crippen molar-refractivity contribution in [3.8, 4) is 5.75 Å². The third-order valence-electron chi connectivity index (χ3n) is 3.98. The van der Waals surface area contributed by atoms with Gasteiger partial charge in [0.1, 0.15) is 5.75 Å². The molecule has 1 aromatic carbocycles. The van der Waals surface area contributed by atoms with Gasteiger partial charge in [-0.2, -0.15) is 0 Å². The van der Waals surface area contributed by atoms with Crippen molar-refractivity contribution in [1.82, 2.24) is 5.32 Å². The summed E-state index contributed by atoms with van der Waals surface area (Å²) in [5.41, 5.74) is 2.49. The van der Waals surface area contributed by atoms with Gasteiger partial charge < -0.3 is 25.0 Å². The minimum absolute atomic E-state index is 0.212. The quantitative estimate of drug-likeness (QED) is 0.436. The Morgan fingerprint density at radius 3 is 2.32 bits per heavy atom. The van der Waals surface area contributed by atoms with Gasteiger partial charge in [0.25, 0.3) is 0 Å². The van der Waals surface area contributed by atoms with Gasteiger partial charge in [0.05, 0.1) is 31.6 Å². The monoisotopic (exact) mass is 415 g/mol. The molecule has 156 valence electrons. The number of benzene rings is 1. The van der Waals surface area contributed by atoms with Crippen LogP contribution in [0.3, 0.4) is 0 Å². The first-order valence-corrected chi connectivity index (χ1v) is 9.37. The normalized spacial score (nSPS) is 12.6. The van der Waals surface area contributed by atoms with Crippen LogP contribution in [0.4, 0.5) is 0 Å². The van der Waals surface area contributed by atoms with Crippen LogP contribution < -0.4 is 10.1 Å². The lowest BCUT2D eigenvalue weighted by Gasteiger charge is -2.15. The third-order valence-corrected chi connectivity index (χ3v) is 4.28. The van der Waals surface area contributed by atoms with Crippen LogP contribution in [0.5, 0.6) is 5.75 Å². The molecule has 0 saturated heterocycles. The Balaban J connectivity index is 0.000000416. The van der Waals surface area contributed by atoms with Crippen LogP contribution in [0, 0.1) is 0 Å². The number of carboxylic acid groups (broad SMARTS) is 2. The number of carboxylic acids is 2. The van der Waals surface area contributed by atoms with E-state index in [9.17, 15) is 14.4 Å². The Labute approximate surface area is 168 Å². The minimum Gasteiger partial charge on any atom is -0.492 e. The van der Waals surface area contributed by atoms with Crippen molar-refractivity contribution >= 4 is 29.5 Å². The van der Waals surface area contributed by atoms with Crippen LogP contribution in [0.25, 0.3) is 0 Å². The lowest BCUT2D eigenvalue weighted by molar-refractivity contribution is -0.143. The maximum atomic E-state index is 11.1. The summed E-state index contributed by atoms with van der Waals surface area (Å²) in [6, 6.07) is 3.97. The molecule has 9 heteroatoms. The molecule has 3 N–H and O–H groups in total. The molecule has 0 atom stereocenters. The van der Waals surface area contributed by atoms with Crippen molar-refractivity contribution in [3.63, 3.8) is 0 Å². The molecule has 28 heavy (non-hydrogen) atoms. The molecule has 0 radical (unpaired) electrons. The molecule has 0 amide bonds. The smallest absolute Gasteiger partial charge is 0.305 e. The Kier molecular flexibility index (Phi) is 11.0. The van der Waals surface area contributed by atoms with Crippen LogP contribution in [-0.4, -0.2) is 54.9 Å². The number of halogens is 1. The number of ether oxygens (including phenoxy) is 2. The molecule has 0 unspecified atom stereocenters. The standard InChI is InChI=1S/C15H20ClNO3.C4H6O4/c1-19-14(18)3-2-10-20-15-12-7-9-17-8-6-11(12)4-5-13(15)16;5-3(6)1-2-4(7)8/h4-5,17H,2-3,6-10H2,1H3;1-2H2,(H,5,6)(H,7,8). The molecule has 0 saturated carbocycles. The Hall–Kier alpha value is -2.32. The average molecular weight is 416 g/mol. The number of rotatable bonds is 8. The number of methoxy groups -OCH3 is 1. The van der Waals surface area contributed by atoms with Gasteiger partial charge in [-0.05, 0) is 44.0 Å². The molecule has 0 fully saturated rings. The molecule has 8 nitrogen and oxygen atoms in total. The van der Waals surface area contributed by atoms with E-state index >= 15 is 0 Å². The number of esters is 1. The van der Waals surface area contributed by atoms with Gasteiger partial charge in [-0.3, -0.25) is 14.4 Å². The van der Waals surface area contributed by atoms with Crippen LogP contribution in [0.1, 0.15) is 36.8 Å². The molecular formula is C19H26ClNO7. The van der Waals surface area contributed by atoms with E-state index in [1.54, 1.807) is 0 Å². The van der Waals surface area contributed by atoms with E-state index in [1.807, 2.05) is 6.07 Å². The van der Waals surface area contributed by atoms with E-state index in [4.69, 9.17) is 26.6 Å². The number of aliphatic carboxylic acids is 2. The lowest BCUT2D eigenvalue weighted by Crippen LogP contribution is -2.16. The summed E-state index contributed by atoms with van der Waals surface area (Å²) in [5.74, 6) is -1.59. The van der Waals surface area contributed by atoms with Gasteiger partial charge in [-0.25, -0.2) is 0 Å². The van der Waals surface area contributed by atoms with E-state index in [2.05, 4.69) is 16.1 Å². The maximum absolute atomic E-state index is 11.1. The summed E-state index contributed by atoms with van der Waals surface area (Å²) in [5, 5.41) is 19.8. The zero-order valence-electron chi connectivity index (χ0n) is 15.8. The summed E-state index contributed by atoms with van der Waals surface area (Å²) in [4.78, 5) is 30.3. The fraction of sp³-hybridized carbons (Fsp3) is 0.526. The van der Waals surface area contributed by atoms with Crippen molar-refractivity contribution in [3.05, 3.63) is 28.3 Å². The van der Waals surface area contributed by atoms with Gasteiger partial charge in [-0.15, -0.1) is 0 Å². The molecule has 0 bridgehead atoms. The zero-order chi connectivity index (χ0) is 20.9. The minimum atomic E-state index is -1.08. The number of nitrogens with one attached hydrogen (secondary N) is 1. The van der Waals surface area contributed by atoms with Crippen LogP contribution in [0.15, 0.2) is 12.1 Å². The SMILES string of the molecule is COC(=O)CCCOc1c(Cl)ccc2c1CCNCC2.O=C(O)CCC(=O)O.